The summed E-state index contributed by atoms with van der Waals surface area (Å²) in [4.78, 5) is 8.81. The molecule has 0 aliphatic carbocycles. The molecule has 0 aliphatic heterocycles. The molecule has 0 spiro atoms. The van der Waals surface area contributed by atoms with Gasteiger partial charge in [-0.2, -0.15) is 4.98 Å². The lowest BCUT2D eigenvalue weighted by Gasteiger charge is -2.12. The quantitative estimate of drug-likeness (QED) is 0.632. The minimum Gasteiger partial charge on any atom is -0.385 e. The van der Waals surface area contributed by atoms with Crippen LogP contribution >= 0.6 is 0 Å². The summed E-state index contributed by atoms with van der Waals surface area (Å²) in [6.45, 7) is 1.32. The molecule has 0 aliphatic rings. The highest BCUT2D eigenvalue weighted by molar-refractivity contribution is 5.90. The Morgan fingerprint density at radius 3 is 2.72 bits per heavy atom. The van der Waals surface area contributed by atoms with E-state index in [-0.39, 0.29) is 11.6 Å². The van der Waals surface area contributed by atoms with Crippen molar-refractivity contribution in [3.8, 4) is 0 Å². The first kappa shape index (κ1) is 17.0. The fourth-order valence-corrected chi connectivity index (χ4v) is 2.40. The summed E-state index contributed by atoms with van der Waals surface area (Å²) in [5, 5.41) is 6.92. The first-order valence-electron chi connectivity index (χ1n) is 7.89. The summed E-state index contributed by atoms with van der Waals surface area (Å²) < 4.78 is 31.9. The molecule has 0 saturated carbocycles. The largest absolute Gasteiger partial charge is 0.385 e. The van der Waals surface area contributed by atoms with Crippen molar-refractivity contribution in [3.05, 3.63) is 54.1 Å². The average Bonchev–Trinajstić information content (AvgIpc) is 2.61. The monoisotopic (exact) mass is 344 g/mol. The van der Waals surface area contributed by atoms with Gasteiger partial charge in [-0.25, -0.2) is 13.8 Å². The molecule has 0 amide bonds. The number of ether oxygens (including phenoxy) is 1. The van der Waals surface area contributed by atoms with E-state index in [1.807, 2.05) is 24.3 Å². The smallest absolute Gasteiger partial charge is 0.229 e. The van der Waals surface area contributed by atoms with E-state index < -0.39 is 11.6 Å². The van der Waals surface area contributed by atoms with E-state index >= 15 is 0 Å². The third-order valence-corrected chi connectivity index (χ3v) is 3.60. The van der Waals surface area contributed by atoms with Crippen LogP contribution in [0.3, 0.4) is 0 Å². The molecule has 25 heavy (non-hydrogen) atoms. The number of nitrogens with one attached hydrogen (secondary N) is 2. The summed E-state index contributed by atoms with van der Waals surface area (Å²) in [5.74, 6) is -0.459. The second kappa shape index (κ2) is 7.85. The normalized spacial score (nSPS) is 10.8. The van der Waals surface area contributed by atoms with Gasteiger partial charge in [0, 0.05) is 31.7 Å². The molecular weight excluding hydrogens is 326 g/mol. The number of aromatic nitrogens is 2. The number of methoxy groups -OCH3 is 1. The predicted octanol–water partition coefficient (Wildman–Crippen LogP) is 4.10. The standard InChI is InChI=1S/C18H18F2N4O/c1-25-10-4-9-21-17-13-5-2-3-6-15(13)22-18(24-17)23-16-8-7-12(19)11-14(16)20/h2-3,5-8,11H,4,9-10H2,1H3,(H2,21,22,23,24). The summed E-state index contributed by atoms with van der Waals surface area (Å²) in [6, 6.07) is 10.8. The molecule has 5 nitrogen and oxygen atoms in total. The molecule has 1 aromatic heterocycles. The highest BCUT2D eigenvalue weighted by atomic mass is 19.1. The van der Waals surface area contributed by atoms with E-state index in [1.165, 1.54) is 12.1 Å². The number of halogens is 2. The van der Waals surface area contributed by atoms with Gasteiger partial charge in [0.2, 0.25) is 5.95 Å². The Labute approximate surface area is 144 Å². The van der Waals surface area contributed by atoms with Crippen LogP contribution in [0, 0.1) is 11.6 Å². The Morgan fingerprint density at radius 1 is 1.08 bits per heavy atom. The van der Waals surface area contributed by atoms with Crippen LogP contribution in [0.25, 0.3) is 10.9 Å². The average molecular weight is 344 g/mol. The number of anilines is 3. The van der Waals surface area contributed by atoms with E-state index in [2.05, 4.69) is 20.6 Å². The van der Waals surface area contributed by atoms with Gasteiger partial charge in [-0.05, 0) is 30.7 Å². The van der Waals surface area contributed by atoms with Crippen LogP contribution in [0.5, 0.6) is 0 Å². The van der Waals surface area contributed by atoms with Crippen LogP contribution in [0.1, 0.15) is 6.42 Å². The van der Waals surface area contributed by atoms with Gasteiger partial charge in [0.15, 0.2) is 0 Å². The lowest BCUT2D eigenvalue weighted by atomic mass is 10.2. The van der Waals surface area contributed by atoms with Gasteiger partial charge >= 0.3 is 0 Å². The first-order valence-corrected chi connectivity index (χ1v) is 7.89. The molecule has 2 N–H and O–H groups in total. The zero-order chi connectivity index (χ0) is 17.6. The molecule has 0 radical (unpaired) electrons. The van der Waals surface area contributed by atoms with Gasteiger partial charge in [-0.1, -0.05) is 12.1 Å². The molecule has 0 unspecified atom stereocenters. The van der Waals surface area contributed by atoms with Crippen LogP contribution in [0.4, 0.5) is 26.2 Å². The number of benzene rings is 2. The topological polar surface area (TPSA) is 59.1 Å². The molecule has 3 rings (SSSR count). The fourth-order valence-electron chi connectivity index (χ4n) is 2.40. The Kier molecular flexibility index (Phi) is 5.35. The number of hydrogen-bond acceptors (Lipinski definition) is 5. The molecule has 7 heteroatoms. The molecule has 0 bridgehead atoms. The number of nitrogens with zero attached hydrogens (tertiary/aromatic N) is 2. The van der Waals surface area contributed by atoms with E-state index in [0.29, 0.717) is 19.0 Å². The molecule has 3 aromatic rings. The van der Waals surface area contributed by atoms with Crippen molar-refractivity contribution in [3.63, 3.8) is 0 Å². The highest BCUT2D eigenvalue weighted by Gasteiger charge is 2.10. The lowest BCUT2D eigenvalue weighted by molar-refractivity contribution is 0.198. The maximum absolute atomic E-state index is 13.9. The van der Waals surface area contributed by atoms with Crippen molar-refractivity contribution in [2.24, 2.45) is 0 Å². The molecule has 130 valence electrons. The van der Waals surface area contributed by atoms with E-state index in [1.54, 1.807) is 7.11 Å². The summed E-state index contributed by atoms with van der Waals surface area (Å²) in [5.41, 5.74) is 0.832. The van der Waals surface area contributed by atoms with E-state index in [0.717, 1.165) is 23.4 Å². The third kappa shape index (κ3) is 4.19. The summed E-state index contributed by atoms with van der Waals surface area (Å²) in [7, 11) is 1.65. The van der Waals surface area contributed by atoms with Gasteiger partial charge < -0.3 is 15.4 Å². The molecular formula is C18H18F2N4O. The second-order valence-electron chi connectivity index (χ2n) is 5.44. The van der Waals surface area contributed by atoms with Gasteiger partial charge in [0.25, 0.3) is 0 Å². The predicted molar refractivity (Wildman–Crippen MR) is 94.2 cm³/mol. The number of hydrogen-bond donors (Lipinski definition) is 2. The third-order valence-electron chi connectivity index (χ3n) is 3.60. The lowest BCUT2D eigenvalue weighted by Crippen LogP contribution is -2.09. The molecule has 2 aromatic carbocycles. The first-order chi connectivity index (χ1) is 12.2. The fraction of sp³-hybridized carbons (Fsp3) is 0.222. The molecule has 1 heterocycles. The van der Waals surface area contributed by atoms with Gasteiger partial charge in [-0.15, -0.1) is 0 Å². The second-order valence-corrected chi connectivity index (χ2v) is 5.44. The Morgan fingerprint density at radius 2 is 1.92 bits per heavy atom. The van der Waals surface area contributed by atoms with Crippen LogP contribution < -0.4 is 10.6 Å². The van der Waals surface area contributed by atoms with Crippen LogP contribution in [-0.4, -0.2) is 30.2 Å². The van der Waals surface area contributed by atoms with Crippen molar-refractivity contribution in [1.82, 2.24) is 9.97 Å². The van der Waals surface area contributed by atoms with Crippen molar-refractivity contribution in [1.29, 1.82) is 0 Å². The number of para-hydroxylation sites is 1. The van der Waals surface area contributed by atoms with Crippen molar-refractivity contribution >= 4 is 28.4 Å². The number of rotatable bonds is 7. The maximum atomic E-state index is 13.9. The summed E-state index contributed by atoms with van der Waals surface area (Å²) >= 11 is 0. The summed E-state index contributed by atoms with van der Waals surface area (Å²) in [6.07, 6.45) is 0.824. The van der Waals surface area contributed by atoms with Crippen LogP contribution in [-0.2, 0) is 4.74 Å². The van der Waals surface area contributed by atoms with E-state index in [9.17, 15) is 8.78 Å². The maximum Gasteiger partial charge on any atom is 0.229 e. The highest BCUT2D eigenvalue weighted by Crippen LogP contribution is 2.24. The minimum absolute atomic E-state index is 0.113. The van der Waals surface area contributed by atoms with E-state index in [4.69, 9.17) is 4.74 Å². The SMILES string of the molecule is COCCCNc1nc(Nc2ccc(F)cc2F)nc2ccccc12. The molecule has 0 fully saturated rings. The van der Waals surface area contributed by atoms with Crippen molar-refractivity contribution in [2.45, 2.75) is 6.42 Å². The zero-order valence-electron chi connectivity index (χ0n) is 13.7. The Bertz CT molecular complexity index is 873. The van der Waals surface area contributed by atoms with Gasteiger partial charge in [0.05, 0.1) is 11.2 Å². The minimum atomic E-state index is -0.702. The Hall–Kier alpha value is -2.80. The Balaban J connectivity index is 1.89. The van der Waals surface area contributed by atoms with Crippen LogP contribution in [0.15, 0.2) is 42.5 Å². The van der Waals surface area contributed by atoms with Gasteiger partial charge in [0.1, 0.15) is 17.5 Å². The zero-order valence-corrected chi connectivity index (χ0v) is 13.7. The number of fused-ring (bicyclic) bond motifs is 1. The van der Waals surface area contributed by atoms with Crippen molar-refractivity contribution in [2.75, 3.05) is 30.9 Å². The van der Waals surface area contributed by atoms with Crippen molar-refractivity contribution < 1.29 is 13.5 Å². The molecule has 0 atom stereocenters. The molecule has 0 saturated heterocycles. The van der Waals surface area contributed by atoms with Gasteiger partial charge in [-0.3, -0.25) is 0 Å². The van der Waals surface area contributed by atoms with Crippen LogP contribution in [0.2, 0.25) is 0 Å².